The molecule has 2 heterocycles. The number of oxazole rings is 1. The molecular weight excluding hydrogens is 306 g/mol. The summed E-state index contributed by atoms with van der Waals surface area (Å²) in [5, 5.41) is 2.89. The molecule has 0 aliphatic carbocycles. The van der Waals surface area contributed by atoms with Crippen molar-refractivity contribution in [3.63, 3.8) is 0 Å². The fourth-order valence-electron chi connectivity index (χ4n) is 2.95. The van der Waals surface area contributed by atoms with E-state index < -0.39 is 0 Å². The Balaban J connectivity index is 1.54. The first-order valence-electron chi connectivity index (χ1n) is 8.22. The van der Waals surface area contributed by atoms with E-state index >= 15 is 0 Å². The Bertz CT molecular complexity index is 711. The van der Waals surface area contributed by atoms with Crippen molar-refractivity contribution in [2.24, 2.45) is 0 Å². The Morgan fingerprint density at radius 3 is 2.92 bits per heavy atom. The molecule has 0 radical (unpaired) electrons. The minimum absolute atomic E-state index is 0.0760. The van der Waals surface area contributed by atoms with Crippen molar-refractivity contribution in [3.05, 3.63) is 53.7 Å². The summed E-state index contributed by atoms with van der Waals surface area (Å²) in [6.45, 7) is 3.11. The van der Waals surface area contributed by atoms with Crippen LogP contribution in [0.25, 0.3) is 0 Å². The average molecular weight is 327 g/mol. The van der Waals surface area contributed by atoms with Gasteiger partial charge in [-0.05, 0) is 12.0 Å². The molecule has 1 aromatic heterocycles. The molecular formula is C18H21N3O3. The largest absolute Gasteiger partial charge is 0.448 e. The van der Waals surface area contributed by atoms with Crippen molar-refractivity contribution in [1.29, 1.82) is 0 Å². The molecule has 3 rings (SSSR count). The zero-order chi connectivity index (χ0) is 16.9. The van der Waals surface area contributed by atoms with Crippen molar-refractivity contribution >= 4 is 11.8 Å². The lowest BCUT2D eigenvalue weighted by molar-refractivity contribution is -0.127. The van der Waals surface area contributed by atoms with E-state index in [1.165, 1.54) is 12.0 Å². The molecule has 1 N–H and O–H groups in total. The smallest absolute Gasteiger partial charge is 0.273 e. The quantitative estimate of drug-likeness (QED) is 0.878. The maximum atomic E-state index is 12.3. The SMILES string of the molecule is CCc1ocnc1C(=O)N[C@H]1CC(=O)N(CCc2ccccc2)C1. The summed E-state index contributed by atoms with van der Waals surface area (Å²) >= 11 is 0. The summed E-state index contributed by atoms with van der Waals surface area (Å²) in [5.41, 5.74) is 1.51. The van der Waals surface area contributed by atoms with E-state index in [0.29, 0.717) is 37.4 Å². The molecule has 2 amide bonds. The second-order valence-corrected chi connectivity index (χ2v) is 5.93. The van der Waals surface area contributed by atoms with Crippen molar-refractivity contribution in [3.8, 4) is 0 Å². The highest BCUT2D eigenvalue weighted by Crippen LogP contribution is 2.14. The van der Waals surface area contributed by atoms with Crippen LogP contribution in [0, 0.1) is 0 Å². The fraction of sp³-hybridized carbons (Fsp3) is 0.389. The van der Waals surface area contributed by atoms with Crippen molar-refractivity contribution in [1.82, 2.24) is 15.2 Å². The number of rotatable bonds is 6. The second-order valence-electron chi connectivity index (χ2n) is 5.93. The molecule has 1 atom stereocenters. The van der Waals surface area contributed by atoms with Gasteiger partial charge in [0.05, 0.1) is 6.04 Å². The Kier molecular flexibility index (Phi) is 4.93. The molecule has 1 saturated heterocycles. The summed E-state index contributed by atoms with van der Waals surface area (Å²) in [6, 6.07) is 9.89. The average Bonchev–Trinajstić information content (AvgIpc) is 3.20. The number of amides is 2. The minimum atomic E-state index is -0.275. The number of nitrogens with one attached hydrogen (secondary N) is 1. The summed E-state index contributed by atoms with van der Waals surface area (Å²) in [6.07, 6.45) is 3.03. The third kappa shape index (κ3) is 3.64. The molecule has 1 aliphatic rings. The molecule has 6 heteroatoms. The van der Waals surface area contributed by atoms with Gasteiger partial charge in [0.25, 0.3) is 5.91 Å². The number of carbonyl (C=O) groups is 2. The lowest BCUT2D eigenvalue weighted by atomic mass is 10.1. The van der Waals surface area contributed by atoms with Crippen LogP contribution >= 0.6 is 0 Å². The normalized spacial score (nSPS) is 17.3. The van der Waals surface area contributed by atoms with Gasteiger partial charge in [-0.15, -0.1) is 0 Å². The summed E-state index contributed by atoms with van der Waals surface area (Å²) in [7, 11) is 0. The van der Waals surface area contributed by atoms with E-state index in [-0.39, 0.29) is 17.9 Å². The van der Waals surface area contributed by atoms with Gasteiger partial charge < -0.3 is 14.6 Å². The van der Waals surface area contributed by atoms with E-state index in [1.54, 1.807) is 0 Å². The molecule has 0 bridgehead atoms. The third-order valence-corrected chi connectivity index (χ3v) is 4.24. The Morgan fingerprint density at radius 2 is 2.17 bits per heavy atom. The number of hydrogen-bond donors (Lipinski definition) is 1. The van der Waals surface area contributed by atoms with Gasteiger partial charge in [-0.3, -0.25) is 9.59 Å². The molecule has 2 aromatic rings. The van der Waals surface area contributed by atoms with Gasteiger partial charge in [0.2, 0.25) is 5.91 Å². The van der Waals surface area contributed by atoms with Gasteiger partial charge in [-0.1, -0.05) is 37.3 Å². The predicted octanol–water partition coefficient (Wildman–Crippen LogP) is 1.81. The van der Waals surface area contributed by atoms with Gasteiger partial charge in [-0.25, -0.2) is 4.98 Å². The molecule has 0 spiro atoms. The number of aromatic nitrogens is 1. The van der Waals surface area contributed by atoms with E-state index in [1.807, 2.05) is 30.0 Å². The van der Waals surface area contributed by atoms with E-state index in [2.05, 4.69) is 22.4 Å². The maximum Gasteiger partial charge on any atom is 0.273 e. The van der Waals surface area contributed by atoms with Crippen molar-refractivity contribution in [2.75, 3.05) is 13.1 Å². The molecule has 1 aliphatic heterocycles. The number of benzene rings is 1. The lowest BCUT2D eigenvalue weighted by Gasteiger charge is -2.17. The van der Waals surface area contributed by atoms with Crippen LogP contribution in [-0.4, -0.2) is 40.8 Å². The third-order valence-electron chi connectivity index (χ3n) is 4.24. The topological polar surface area (TPSA) is 75.4 Å². The minimum Gasteiger partial charge on any atom is -0.448 e. The summed E-state index contributed by atoms with van der Waals surface area (Å²) < 4.78 is 5.18. The predicted molar refractivity (Wildman–Crippen MR) is 88.5 cm³/mol. The van der Waals surface area contributed by atoms with Crippen molar-refractivity contribution in [2.45, 2.75) is 32.2 Å². The highest BCUT2D eigenvalue weighted by molar-refractivity contribution is 5.94. The lowest BCUT2D eigenvalue weighted by Crippen LogP contribution is -2.38. The van der Waals surface area contributed by atoms with Crippen LogP contribution in [-0.2, 0) is 17.6 Å². The molecule has 1 aromatic carbocycles. The number of carbonyl (C=O) groups excluding carboxylic acids is 2. The highest BCUT2D eigenvalue weighted by Gasteiger charge is 2.31. The second kappa shape index (κ2) is 7.29. The van der Waals surface area contributed by atoms with Crippen molar-refractivity contribution < 1.29 is 14.0 Å². The first-order chi connectivity index (χ1) is 11.7. The van der Waals surface area contributed by atoms with Crippen LogP contribution in [0.15, 0.2) is 41.1 Å². The molecule has 126 valence electrons. The van der Waals surface area contributed by atoms with Crippen LogP contribution in [0.4, 0.5) is 0 Å². The number of hydrogen-bond acceptors (Lipinski definition) is 4. The first-order valence-corrected chi connectivity index (χ1v) is 8.22. The van der Waals surface area contributed by atoms with Gasteiger partial charge in [0, 0.05) is 25.9 Å². The molecule has 24 heavy (non-hydrogen) atoms. The first kappa shape index (κ1) is 16.2. The maximum absolute atomic E-state index is 12.3. The molecule has 0 saturated carbocycles. The molecule has 1 fully saturated rings. The molecule has 6 nitrogen and oxygen atoms in total. The van der Waals surface area contributed by atoms with Crippen LogP contribution in [0.5, 0.6) is 0 Å². The van der Waals surface area contributed by atoms with Gasteiger partial charge in [-0.2, -0.15) is 0 Å². The summed E-state index contributed by atoms with van der Waals surface area (Å²) in [4.78, 5) is 30.2. The van der Waals surface area contributed by atoms with E-state index in [4.69, 9.17) is 4.42 Å². The fourth-order valence-corrected chi connectivity index (χ4v) is 2.95. The standard InChI is InChI=1S/C18H21N3O3/c1-2-15-17(19-12-24-15)18(23)20-14-10-16(22)21(11-14)9-8-13-6-4-3-5-7-13/h3-7,12,14H,2,8-11H2,1H3,(H,20,23)/t14-/m0/s1. The monoisotopic (exact) mass is 327 g/mol. The Hall–Kier alpha value is -2.63. The summed E-state index contributed by atoms with van der Waals surface area (Å²) in [5.74, 6) is 0.369. The van der Waals surface area contributed by atoms with Crippen LogP contribution < -0.4 is 5.32 Å². The number of nitrogens with zero attached hydrogens (tertiary/aromatic N) is 2. The number of likely N-dealkylation sites (tertiary alicyclic amines) is 1. The van der Waals surface area contributed by atoms with Gasteiger partial charge in [0.15, 0.2) is 12.1 Å². The zero-order valence-electron chi connectivity index (χ0n) is 13.7. The Morgan fingerprint density at radius 1 is 1.38 bits per heavy atom. The molecule has 0 unspecified atom stereocenters. The number of aryl methyl sites for hydroxylation is 1. The Labute approximate surface area is 140 Å². The van der Waals surface area contributed by atoms with Crippen LogP contribution in [0.1, 0.15) is 35.2 Å². The van der Waals surface area contributed by atoms with Gasteiger partial charge >= 0.3 is 0 Å². The zero-order valence-corrected chi connectivity index (χ0v) is 13.7. The van der Waals surface area contributed by atoms with Gasteiger partial charge in [0.1, 0.15) is 5.76 Å². The van der Waals surface area contributed by atoms with Crippen LogP contribution in [0.3, 0.4) is 0 Å². The van der Waals surface area contributed by atoms with E-state index in [9.17, 15) is 9.59 Å². The highest BCUT2D eigenvalue weighted by atomic mass is 16.3. The van der Waals surface area contributed by atoms with Crippen LogP contribution in [0.2, 0.25) is 0 Å². The van der Waals surface area contributed by atoms with E-state index in [0.717, 1.165) is 6.42 Å².